The summed E-state index contributed by atoms with van der Waals surface area (Å²) < 4.78 is 18.7. The number of rotatable bonds is 5. The molecule has 5 heterocycles. The molecule has 2 fully saturated rings. The Morgan fingerprint density at radius 3 is 2.93 bits per heavy atom. The zero-order valence-corrected chi connectivity index (χ0v) is 16.1. The molecule has 150 valence electrons. The van der Waals surface area contributed by atoms with Gasteiger partial charge in [0.2, 0.25) is 6.79 Å². The molecule has 0 amide bonds. The molecule has 0 unspecified atom stereocenters. The van der Waals surface area contributed by atoms with Crippen molar-refractivity contribution in [1.29, 1.82) is 0 Å². The number of nitrogen functional groups attached to an aromatic ring is 1. The van der Waals surface area contributed by atoms with Gasteiger partial charge < -0.3 is 24.5 Å². The van der Waals surface area contributed by atoms with Gasteiger partial charge in [-0.25, -0.2) is 9.97 Å². The van der Waals surface area contributed by atoms with Crippen LogP contribution in [0.25, 0.3) is 22.2 Å². The van der Waals surface area contributed by atoms with Crippen molar-refractivity contribution < 1.29 is 14.2 Å². The second kappa shape index (κ2) is 6.60. The average Bonchev–Trinajstić information content (AvgIpc) is 3.11. The lowest BCUT2D eigenvalue weighted by atomic mass is 10.1. The van der Waals surface area contributed by atoms with E-state index in [1.807, 2.05) is 18.2 Å². The van der Waals surface area contributed by atoms with Gasteiger partial charge in [-0.3, -0.25) is 4.90 Å². The molecule has 2 saturated heterocycles. The summed E-state index contributed by atoms with van der Waals surface area (Å²) in [6, 6.07) is 6.45. The predicted molar refractivity (Wildman–Crippen MR) is 108 cm³/mol. The van der Waals surface area contributed by atoms with Crippen LogP contribution in [0.2, 0.25) is 0 Å². The zero-order valence-electron chi connectivity index (χ0n) is 16.1. The highest BCUT2D eigenvalue weighted by atomic mass is 16.7. The number of ether oxygens (including phenoxy) is 3. The number of nitrogens with two attached hydrogens (primary N) is 1. The predicted octanol–water partition coefficient (Wildman–Crippen LogP) is 2.27. The third kappa shape index (κ3) is 2.99. The van der Waals surface area contributed by atoms with E-state index < -0.39 is 0 Å². The van der Waals surface area contributed by atoms with Crippen molar-refractivity contribution in [3.8, 4) is 22.6 Å². The Bertz CT molecular complexity index is 1080. The van der Waals surface area contributed by atoms with Gasteiger partial charge in [0.05, 0.1) is 18.1 Å². The van der Waals surface area contributed by atoms with Crippen LogP contribution in [0.1, 0.15) is 12.8 Å². The number of likely N-dealkylation sites (tertiary alicyclic amines) is 1. The molecule has 2 N–H and O–H groups in total. The Balaban J connectivity index is 1.39. The lowest BCUT2D eigenvalue weighted by molar-refractivity contribution is 0.174. The monoisotopic (exact) mass is 393 g/mol. The van der Waals surface area contributed by atoms with Gasteiger partial charge in [-0.2, -0.15) is 0 Å². The lowest BCUT2D eigenvalue weighted by Crippen LogP contribution is -2.35. The molecule has 0 radical (unpaired) electrons. The van der Waals surface area contributed by atoms with E-state index in [0.717, 1.165) is 59.9 Å². The molecule has 1 aromatic carbocycles. The number of aromatic nitrogens is 3. The number of fused-ring (bicyclic) bond motifs is 2. The van der Waals surface area contributed by atoms with Crippen LogP contribution in [-0.4, -0.2) is 58.1 Å². The van der Waals surface area contributed by atoms with Gasteiger partial charge in [0.25, 0.3) is 0 Å². The topological polar surface area (TPSA) is 91.0 Å². The van der Waals surface area contributed by atoms with Crippen LogP contribution in [0, 0.1) is 0 Å². The largest absolute Gasteiger partial charge is 0.454 e. The van der Waals surface area contributed by atoms with Crippen molar-refractivity contribution in [2.24, 2.45) is 0 Å². The van der Waals surface area contributed by atoms with Gasteiger partial charge in [0.1, 0.15) is 17.8 Å². The van der Waals surface area contributed by atoms with Gasteiger partial charge in [-0.05, 0) is 37.1 Å². The first-order chi connectivity index (χ1) is 14.3. The lowest BCUT2D eigenvalue weighted by Gasteiger charge is -2.24. The van der Waals surface area contributed by atoms with Crippen molar-refractivity contribution in [3.63, 3.8) is 0 Å². The Morgan fingerprint density at radius 2 is 2.03 bits per heavy atom. The van der Waals surface area contributed by atoms with E-state index in [1.54, 1.807) is 6.33 Å². The number of hydrogen-bond acceptors (Lipinski definition) is 7. The second-order valence-corrected chi connectivity index (χ2v) is 7.97. The van der Waals surface area contributed by atoms with E-state index in [2.05, 4.69) is 25.6 Å². The van der Waals surface area contributed by atoms with Crippen LogP contribution < -0.4 is 15.2 Å². The van der Waals surface area contributed by atoms with Crippen LogP contribution in [0.15, 0.2) is 30.7 Å². The Hall–Kier alpha value is -2.84. The second-order valence-electron chi connectivity index (χ2n) is 7.97. The first kappa shape index (κ1) is 17.1. The summed E-state index contributed by atoms with van der Waals surface area (Å²) >= 11 is 0. The van der Waals surface area contributed by atoms with Gasteiger partial charge in [-0.15, -0.1) is 0 Å². The van der Waals surface area contributed by atoms with Gasteiger partial charge in [0, 0.05) is 30.9 Å². The van der Waals surface area contributed by atoms with Crippen LogP contribution in [0.5, 0.6) is 11.5 Å². The van der Waals surface area contributed by atoms with Crippen molar-refractivity contribution in [3.05, 3.63) is 30.7 Å². The minimum Gasteiger partial charge on any atom is -0.454 e. The molecule has 3 aliphatic heterocycles. The van der Waals surface area contributed by atoms with E-state index in [-0.39, 0.29) is 6.79 Å². The molecule has 2 atom stereocenters. The van der Waals surface area contributed by atoms with Gasteiger partial charge >= 0.3 is 0 Å². The molecular formula is C21H23N5O3. The highest BCUT2D eigenvalue weighted by molar-refractivity contribution is 6.00. The van der Waals surface area contributed by atoms with E-state index in [9.17, 15) is 0 Å². The highest BCUT2D eigenvalue weighted by Gasteiger charge is 2.32. The third-order valence-corrected chi connectivity index (χ3v) is 6.11. The molecule has 6 rings (SSSR count). The minimum atomic E-state index is 0.258. The normalized spacial score (nSPS) is 23.2. The fourth-order valence-corrected chi connectivity index (χ4v) is 4.57. The molecule has 0 spiro atoms. The average molecular weight is 393 g/mol. The number of anilines is 1. The van der Waals surface area contributed by atoms with Crippen LogP contribution in [0.3, 0.4) is 0 Å². The molecule has 2 aromatic heterocycles. The van der Waals surface area contributed by atoms with Crippen LogP contribution in [0.4, 0.5) is 5.82 Å². The molecule has 3 aliphatic rings. The summed E-state index contributed by atoms with van der Waals surface area (Å²) in [5, 5.41) is 0.890. The first-order valence-corrected chi connectivity index (χ1v) is 10.1. The fraction of sp³-hybridized carbons (Fsp3) is 0.429. The smallest absolute Gasteiger partial charge is 0.231 e. The van der Waals surface area contributed by atoms with Crippen molar-refractivity contribution in [2.45, 2.75) is 31.5 Å². The molecule has 0 aliphatic carbocycles. The van der Waals surface area contributed by atoms with Crippen LogP contribution in [-0.2, 0) is 11.3 Å². The molecular weight excluding hydrogens is 370 g/mol. The Morgan fingerprint density at radius 1 is 1.14 bits per heavy atom. The van der Waals surface area contributed by atoms with Crippen molar-refractivity contribution >= 4 is 16.9 Å². The van der Waals surface area contributed by atoms with E-state index in [4.69, 9.17) is 19.9 Å². The summed E-state index contributed by atoms with van der Waals surface area (Å²) in [5.41, 5.74) is 9.20. The van der Waals surface area contributed by atoms with Gasteiger partial charge in [0.15, 0.2) is 11.5 Å². The maximum atomic E-state index is 6.28. The SMILES string of the molecule is Nc1ncnc2c1c(-c1ccc3c(c1)OCO3)cn2C[C@H]1CCCN1C[C@@H]1CO1. The summed E-state index contributed by atoms with van der Waals surface area (Å²) in [7, 11) is 0. The standard InChI is InChI=1S/C21H23N5O3/c22-20-19-16(13-3-4-17-18(6-13)29-12-28-17)9-26(21(19)24-11-23-20)7-14-2-1-5-25(14)8-15-10-27-15/h3-4,6,9,11,14-15H,1-2,5,7-8,10,12H2,(H2,22,23,24)/t14-,15-/m1/s1. The molecule has 8 heteroatoms. The number of nitrogens with zero attached hydrogens (tertiary/aromatic N) is 4. The first-order valence-electron chi connectivity index (χ1n) is 10.1. The molecule has 8 nitrogen and oxygen atoms in total. The van der Waals surface area contributed by atoms with Gasteiger partial charge in [-0.1, -0.05) is 6.07 Å². The molecule has 3 aromatic rings. The van der Waals surface area contributed by atoms with E-state index in [0.29, 0.717) is 18.0 Å². The zero-order chi connectivity index (χ0) is 19.4. The Labute approximate surface area is 168 Å². The highest BCUT2D eigenvalue weighted by Crippen LogP contribution is 2.39. The fourth-order valence-electron chi connectivity index (χ4n) is 4.57. The molecule has 0 bridgehead atoms. The maximum absolute atomic E-state index is 6.28. The number of benzene rings is 1. The summed E-state index contributed by atoms with van der Waals surface area (Å²) in [6.45, 7) is 4.19. The summed E-state index contributed by atoms with van der Waals surface area (Å²) in [5.74, 6) is 2.02. The minimum absolute atomic E-state index is 0.258. The van der Waals surface area contributed by atoms with Crippen molar-refractivity contribution in [1.82, 2.24) is 19.4 Å². The van der Waals surface area contributed by atoms with E-state index >= 15 is 0 Å². The number of hydrogen-bond donors (Lipinski definition) is 1. The summed E-state index contributed by atoms with van der Waals surface area (Å²) in [6.07, 6.45) is 6.52. The number of epoxide rings is 1. The third-order valence-electron chi connectivity index (χ3n) is 6.11. The summed E-state index contributed by atoms with van der Waals surface area (Å²) in [4.78, 5) is 11.4. The molecule has 0 saturated carbocycles. The van der Waals surface area contributed by atoms with E-state index in [1.165, 1.54) is 12.8 Å². The molecule has 29 heavy (non-hydrogen) atoms. The van der Waals surface area contributed by atoms with Crippen molar-refractivity contribution in [2.75, 3.05) is 32.2 Å². The quantitative estimate of drug-likeness (QED) is 0.665. The Kier molecular flexibility index (Phi) is 3.88. The maximum Gasteiger partial charge on any atom is 0.231 e. The van der Waals surface area contributed by atoms with Crippen LogP contribution >= 0.6 is 0 Å².